The summed E-state index contributed by atoms with van der Waals surface area (Å²) in [6.07, 6.45) is 1.79. The quantitative estimate of drug-likeness (QED) is 0.210. The molecule has 6 aromatic rings. The minimum atomic E-state index is -0.287. The third-order valence-electron chi connectivity index (χ3n) is 5.85. The van der Waals surface area contributed by atoms with Crippen LogP contribution in [0.4, 0.5) is 4.39 Å². The molecule has 0 aliphatic carbocycles. The highest BCUT2D eigenvalue weighted by atomic mass is 32.1. The second-order valence-electron chi connectivity index (χ2n) is 8.43. The van der Waals surface area contributed by atoms with Crippen LogP contribution in [0.15, 0.2) is 77.3 Å². The average Bonchev–Trinajstić information content (AvgIpc) is 3.64. The molecule has 192 valence electrons. The van der Waals surface area contributed by atoms with Gasteiger partial charge in [0.05, 0.1) is 25.8 Å². The molecule has 0 aliphatic rings. The Morgan fingerprint density at radius 3 is 2.50 bits per heavy atom. The zero-order valence-corrected chi connectivity index (χ0v) is 21.3. The Bertz CT molecular complexity index is 1710. The normalized spacial score (nSPS) is 11.2. The number of hydrogen-bond acceptors (Lipinski definition) is 8. The summed E-state index contributed by atoms with van der Waals surface area (Å²) in [5.74, 6) is 2.19. The molecule has 0 radical (unpaired) electrons. The van der Waals surface area contributed by atoms with E-state index in [0.29, 0.717) is 51.0 Å². The molecule has 6 rings (SSSR count). The molecule has 0 aliphatic heterocycles. The number of nitrogens with zero attached hydrogens (tertiary/aromatic N) is 3. The zero-order chi connectivity index (χ0) is 26.1. The lowest BCUT2D eigenvalue weighted by molar-refractivity contribution is 0.296. The lowest BCUT2D eigenvalue weighted by Crippen LogP contribution is -1.99. The van der Waals surface area contributed by atoms with Crippen molar-refractivity contribution in [1.29, 1.82) is 0 Å². The number of hydrogen-bond donors (Lipinski definition) is 0. The van der Waals surface area contributed by atoms with E-state index in [2.05, 4.69) is 10.1 Å². The lowest BCUT2D eigenvalue weighted by atomic mass is 10.2. The summed E-state index contributed by atoms with van der Waals surface area (Å²) in [7, 11) is 3.17. The molecule has 3 aromatic heterocycles. The number of fused-ring (bicyclic) bond motifs is 2. The summed E-state index contributed by atoms with van der Waals surface area (Å²) in [4.78, 5) is 5.30. The maximum atomic E-state index is 13.4. The fraction of sp³-hybridized carbons (Fsp3) is 0.143. The first-order valence-electron chi connectivity index (χ1n) is 11.7. The molecule has 3 heterocycles. The molecule has 0 unspecified atom stereocenters. The Morgan fingerprint density at radius 1 is 0.895 bits per heavy atom. The van der Waals surface area contributed by atoms with E-state index in [4.69, 9.17) is 23.4 Å². The fourth-order valence-electron chi connectivity index (χ4n) is 4.01. The summed E-state index contributed by atoms with van der Waals surface area (Å²) in [5, 5.41) is 5.65. The molecule has 0 saturated heterocycles. The lowest BCUT2D eigenvalue weighted by Gasteiger charge is -2.11. The molecule has 0 amide bonds. The first-order valence-corrected chi connectivity index (χ1v) is 12.5. The number of furan rings is 1. The number of imidazole rings is 1. The van der Waals surface area contributed by atoms with Crippen LogP contribution in [0.25, 0.3) is 27.4 Å². The van der Waals surface area contributed by atoms with Gasteiger partial charge in [-0.15, -0.1) is 5.10 Å². The van der Waals surface area contributed by atoms with Gasteiger partial charge in [0.25, 0.3) is 5.19 Å². The largest absolute Gasteiger partial charge is 0.496 e. The molecule has 0 spiro atoms. The number of halogens is 1. The van der Waals surface area contributed by atoms with Gasteiger partial charge >= 0.3 is 0 Å². The van der Waals surface area contributed by atoms with Gasteiger partial charge in [0.1, 0.15) is 47.6 Å². The number of rotatable bonds is 9. The Kier molecular flexibility index (Phi) is 6.30. The van der Waals surface area contributed by atoms with Gasteiger partial charge in [-0.1, -0.05) is 24.3 Å². The summed E-state index contributed by atoms with van der Waals surface area (Å²) in [6, 6.07) is 19.5. The number of methoxy groups -OCH3 is 2. The Morgan fingerprint density at radius 2 is 1.71 bits per heavy atom. The topological polar surface area (TPSA) is 80.2 Å². The van der Waals surface area contributed by atoms with E-state index in [1.54, 1.807) is 31.0 Å². The molecular formula is C28H22FN3O5S. The molecule has 0 bridgehead atoms. The summed E-state index contributed by atoms with van der Waals surface area (Å²) in [6.45, 7) is 0.564. The molecule has 0 atom stereocenters. The molecule has 38 heavy (non-hydrogen) atoms. The Balaban J connectivity index is 1.22. The van der Waals surface area contributed by atoms with Crippen LogP contribution in [0, 0.1) is 5.82 Å². The summed E-state index contributed by atoms with van der Waals surface area (Å²) in [5.41, 5.74) is 2.93. The molecule has 0 fully saturated rings. The van der Waals surface area contributed by atoms with Crippen LogP contribution in [0.1, 0.15) is 11.1 Å². The maximum absolute atomic E-state index is 13.4. The number of aromatic nitrogens is 3. The van der Waals surface area contributed by atoms with Gasteiger partial charge in [0.2, 0.25) is 4.96 Å². The fourth-order valence-corrected chi connectivity index (χ4v) is 4.71. The summed E-state index contributed by atoms with van der Waals surface area (Å²) >= 11 is 1.34. The standard InChI is InChI=1S/C28H22FN3O5S/c1-33-21-11-24(36-16-18-6-4-8-20(10-18)35-15-17-5-3-7-19(29)9-17)22-13-26(37-25(22)12-21)23-14-32-27(30-23)38-28(31-32)34-2/h3-14H,15-16H2,1-2H3. The van der Waals surface area contributed by atoms with Crippen molar-refractivity contribution in [2.45, 2.75) is 13.2 Å². The van der Waals surface area contributed by atoms with Crippen LogP contribution in [0.5, 0.6) is 22.4 Å². The minimum Gasteiger partial charge on any atom is -0.496 e. The second-order valence-corrected chi connectivity index (χ2v) is 9.35. The number of ether oxygens (including phenoxy) is 4. The van der Waals surface area contributed by atoms with Crippen LogP contribution in [0.3, 0.4) is 0 Å². The predicted octanol–water partition coefficient (Wildman–Crippen LogP) is 6.52. The molecule has 10 heteroatoms. The molecule has 0 saturated carbocycles. The molecular weight excluding hydrogens is 509 g/mol. The van der Waals surface area contributed by atoms with Gasteiger partial charge in [-0.2, -0.15) is 0 Å². The third kappa shape index (κ3) is 4.85. The Hall–Kier alpha value is -4.57. The van der Waals surface area contributed by atoms with Crippen molar-refractivity contribution in [1.82, 2.24) is 14.6 Å². The Labute approximate surface area is 220 Å². The van der Waals surface area contributed by atoms with Gasteiger partial charge < -0.3 is 23.4 Å². The van der Waals surface area contributed by atoms with E-state index < -0.39 is 0 Å². The number of benzene rings is 3. The third-order valence-corrected chi connectivity index (χ3v) is 6.73. The van der Waals surface area contributed by atoms with Crippen molar-refractivity contribution in [3.8, 4) is 33.9 Å². The minimum absolute atomic E-state index is 0.268. The maximum Gasteiger partial charge on any atom is 0.294 e. The van der Waals surface area contributed by atoms with Crippen LogP contribution in [-0.4, -0.2) is 28.8 Å². The second kappa shape index (κ2) is 10.1. The van der Waals surface area contributed by atoms with Gasteiger partial charge in [0, 0.05) is 12.1 Å². The van der Waals surface area contributed by atoms with E-state index in [0.717, 1.165) is 16.5 Å². The average molecular weight is 532 g/mol. The highest BCUT2D eigenvalue weighted by molar-refractivity contribution is 7.18. The van der Waals surface area contributed by atoms with E-state index >= 15 is 0 Å². The van der Waals surface area contributed by atoms with Crippen molar-refractivity contribution in [3.05, 3.63) is 89.9 Å². The van der Waals surface area contributed by atoms with Crippen LogP contribution in [-0.2, 0) is 13.2 Å². The van der Waals surface area contributed by atoms with Gasteiger partial charge in [0.15, 0.2) is 5.76 Å². The van der Waals surface area contributed by atoms with E-state index in [-0.39, 0.29) is 12.4 Å². The van der Waals surface area contributed by atoms with Crippen LogP contribution < -0.4 is 18.9 Å². The first-order chi connectivity index (χ1) is 18.6. The van der Waals surface area contributed by atoms with Gasteiger partial charge in [-0.05, 0) is 52.8 Å². The SMILES string of the molecule is COc1cc(OCc2cccc(OCc3cccc(F)c3)c2)c2cc(-c3cn4nc(OC)sc4n3)oc2c1. The highest BCUT2D eigenvalue weighted by Gasteiger charge is 2.17. The van der Waals surface area contributed by atoms with E-state index in [9.17, 15) is 4.39 Å². The zero-order valence-electron chi connectivity index (χ0n) is 20.5. The summed E-state index contributed by atoms with van der Waals surface area (Å²) < 4.78 is 43.9. The van der Waals surface area contributed by atoms with Crippen molar-refractivity contribution in [2.75, 3.05) is 14.2 Å². The molecule has 8 nitrogen and oxygen atoms in total. The molecule has 0 N–H and O–H groups in total. The smallest absolute Gasteiger partial charge is 0.294 e. The highest BCUT2D eigenvalue weighted by Crippen LogP contribution is 2.37. The van der Waals surface area contributed by atoms with Crippen LogP contribution in [0.2, 0.25) is 0 Å². The van der Waals surface area contributed by atoms with Gasteiger partial charge in [-0.25, -0.2) is 13.9 Å². The monoisotopic (exact) mass is 531 g/mol. The van der Waals surface area contributed by atoms with E-state index in [1.807, 2.05) is 48.5 Å². The van der Waals surface area contributed by atoms with Crippen molar-refractivity contribution in [3.63, 3.8) is 0 Å². The van der Waals surface area contributed by atoms with Crippen molar-refractivity contribution in [2.24, 2.45) is 0 Å². The predicted molar refractivity (Wildman–Crippen MR) is 141 cm³/mol. The van der Waals surface area contributed by atoms with Gasteiger partial charge in [-0.3, -0.25) is 0 Å². The van der Waals surface area contributed by atoms with Crippen LogP contribution >= 0.6 is 11.3 Å². The van der Waals surface area contributed by atoms with E-state index in [1.165, 1.54) is 23.5 Å². The van der Waals surface area contributed by atoms with Crippen molar-refractivity contribution < 1.29 is 27.8 Å². The molecule has 3 aromatic carbocycles. The van der Waals surface area contributed by atoms with Crippen molar-refractivity contribution >= 4 is 27.3 Å². The first kappa shape index (κ1) is 23.8.